The van der Waals surface area contributed by atoms with Gasteiger partial charge >= 0.3 is 0 Å². The number of carbonyl (C=O) groups excluding carboxylic acids is 3. The smallest absolute Gasteiger partial charge is 0.272 e. The van der Waals surface area contributed by atoms with Gasteiger partial charge in [-0.2, -0.15) is 0 Å². The topological polar surface area (TPSA) is 106 Å². The molecule has 0 aromatic heterocycles. The Hall–Kier alpha value is -6.32. The lowest BCUT2D eigenvalue weighted by Gasteiger charge is -2.18. The average Bonchev–Trinajstić information content (AvgIpc) is 3.17. The van der Waals surface area contributed by atoms with Crippen LogP contribution in [0.3, 0.4) is 0 Å². The van der Waals surface area contributed by atoms with Gasteiger partial charge in [0.2, 0.25) is 5.91 Å². The standard InChI is InChI=1S/C42H35N3O5S/c1-49-37-24-17-28(26-38(37)50-2)25-36(45-40(46)31-14-7-4-8-15-31)41(47)43-33-20-22-35(23-21-33)51-39(30-12-5-3-6-13-30)42(48)44-34-19-18-29-11-9-10-16-32(29)27-34/h3-27,39H,1-2H3,(H,43,47)(H,44,48)(H,45,46)/b36-25-. The zero-order chi connectivity index (χ0) is 35.6. The van der Waals surface area contributed by atoms with Crippen LogP contribution in [0, 0.1) is 0 Å². The van der Waals surface area contributed by atoms with Crippen molar-refractivity contribution in [1.82, 2.24) is 5.32 Å². The molecular weight excluding hydrogens is 659 g/mol. The number of hydrogen-bond donors (Lipinski definition) is 3. The molecule has 0 saturated heterocycles. The van der Waals surface area contributed by atoms with Gasteiger partial charge in [-0.15, -0.1) is 11.8 Å². The highest BCUT2D eigenvalue weighted by Crippen LogP contribution is 2.37. The molecule has 0 aliphatic carbocycles. The molecule has 1 unspecified atom stereocenters. The molecular formula is C42H35N3O5S. The number of benzene rings is 6. The maximum absolute atomic E-state index is 13.7. The summed E-state index contributed by atoms with van der Waals surface area (Å²) in [5.41, 5.74) is 3.14. The Bertz CT molecular complexity index is 2190. The van der Waals surface area contributed by atoms with Crippen LogP contribution in [0.15, 0.2) is 156 Å². The molecule has 0 bridgehead atoms. The molecule has 8 nitrogen and oxygen atoms in total. The van der Waals surface area contributed by atoms with Crippen molar-refractivity contribution in [2.75, 3.05) is 24.9 Å². The minimum Gasteiger partial charge on any atom is -0.493 e. The molecule has 0 radical (unpaired) electrons. The Labute approximate surface area is 300 Å². The van der Waals surface area contributed by atoms with E-state index in [0.717, 1.165) is 26.9 Å². The summed E-state index contributed by atoms with van der Waals surface area (Å²) >= 11 is 1.41. The third kappa shape index (κ3) is 8.83. The van der Waals surface area contributed by atoms with Gasteiger partial charge in [0.05, 0.1) is 14.2 Å². The number of ether oxygens (including phenoxy) is 2. The maximum atomic E-state index is 13.7. The lowest BCUT2D eigenvalue weighted by Crippen LogP contribution is -2.30. The van der Waals surface area contributed by atoms with E-state index in [4.69, 9.17) is 9.47 Å². The Morgan fingerprint density at radius 2 is 1.27 bits per heavy atom. The van der Waals surface area contributed by atoms with Gasteiger partial charge in [0.15, 0.2) is 11.5 Å². The zero-order valence-electron chi connectivity index (χ0n) is 28.0. The van der Waals surface area contributed by atoms with E-state index in [9.17, 15) is 14.4 Å². The zero-order valence-corrected chi connectivity index (χ0v) is 28.8. The number of anilines is 2. The quantitative estimate of drug-likeness (QED) is 0.0875. The largest absolute Gasteiger partial charge is 0.493 e. The highest BCUT2D eigenvalue weighted by Gasteiger charge is 2.23. The Morgan fingerprint density at radius 1 is 0.627 bits per heavy atom. The summed E-state index contributed by atoms with van der Waals surface area (Å²) in [6, 6.07) is 44.5. The summed E-state index contributed by atoms with van der Waals surface area (Å²) in [5, 5.41) is 10.3. The molecule has 0 fully saturated rings. The molecule has 51 heavy (non-hydrogen) atoms. The average molecular weight is 694 g/mol. The number of fused-ring (bicyclic) bond motifs is 1. The first-order valence-corrected chi connectivity index (χ1v) is 17.0. The van der Waals surface area contributed by atoms with Crippen LogP contribution < -0.4 is 25.4 Å². The minimum absolute atomic E-state index is 0.0315. The molecule has 6 aromatic carbocycles. The van der Waals surface area contributed by atoms with Gasteiger partial charge in [-0.1, -0.05) is 84.9 Å². The second-order valence-electron chi connectivity index (χ2n) is 11.4. The fourth-order valence-electron chi connectivity index (χ4n) is 5.38. The normalized spacial score (nSPS) is 11.7. The third-order valence-corrected chi connectivity index (χ3v) is 9.24. The number of carbonyl (C=O) groups is 3. The van der Waals surface area contributed by atoms with Crippen molar-refractivity contribution in [1.29, 1.82) is 0 Å². The second kappa shape index (κ2) is 16.4. The number of nitrogens with one attached hydrogen (secondary N) is 3. The summed E-state index contributed by atoms with van der Waals surface area (Å²) < 4.78 is 10.8. The first kappa shape index (κ1) is 34.5. The molecule has 0 spiro atoms. The van der Waals surface area contributed by atoms with E-state index in [1.165, 1.54) is 18.9 Å². The number of hydrogen-bond acceptors (Lipinski definition) is 6. The van der Waals surface area contributed by atoms with Gasteiger partial charge in [-0.3, -0.25) is 14.4 Å². The van der Waals surface area contributed by atoms with E-state index in [-0.39, 0.29) is 11.6 Å². The van der Waals surface area contributed by atoms with Gasteiger partial charge in [-0.05, 0) is 88.6 Å². The van der Waals surface area contributed by atoms with Crippen LogP contribution in [0.1, 0.15) is 26.7 Å². The van der Waals surface area contributed by atoms with Gasteiger partial charge in [0.25, 0.3) is 11.8 Å². The summed E-state index contributed by atoms with van der Waals surface area (Å²) in [6.45, 7) is 0. The Morgan fingerprint density at radius 3 is 1.98 bits per heavy atom. The second-order valence-corrected chi connectivity index (χ2v) is 12.6. The van der Waals surface area contributed by atoms with E-state index in [1.54, 1.807) is 67.8 Å². The van der Waals surface area contributed by atoms with Crippen molar-refractivity contribution in [2.45, 2.75) is 10.1 Å². The van der Waals surface area contributed by atoms with Crippen LogP contribution in [-0.4, -0.2) is 31.9 Å². The summed E-state index contributed by atoms with van der Waals surface area (Å²) in [4.78, 5) is 41.3. The molecule has 0 saturated carbocycles. The van der Waals surface area contributed by atoms with Crippen molar-refractivity contribution in [2.24, 2.45) is 0 Å². The van der Waals surface area contributed by atoms with E-state index >= 15 is 0 Å². The lowest BCUT2D eigenvalue weighted by molar-refractivity contribution is -0.116. The van der Waals surface area contributed by atoms with Crippen molar-refractivity contribution >= 4 is 57.7 Å². The van der Waals surface area contributed by atoms with E-state index in [0.29, 0.717) is 28.3 Å². The van der Waals surface area contributed by atoms with Crippen LogP contribution in [-0.2, 0) is 9.59 Å². The van der Waals surface area contributed by atoms with Crippen molar-refractivity contribution < 1.29 is 23.9 Å². The van der Waals surface area contributed by atoms with E-state index in [1.807, 2.05) is 91.0 Å². The molecule has 0 aliphatic heterocycles. The maximum Gasteiger partial charge on any atom is 0.272 e. The molecule has 1 atom stereocenters. The minimum atomic E-state index is -0.540. The summed E-state index contributed by atoms with van der Waals surface area (Å²) in [6.07, 6.45) is 1.57. The predicted octanol–water partition coefficient (Wildman–Crippen LogP) is 8.74. The van der Waals surface area contributed by atoms with Crippen molar-refractivity contribution in [3.8, 4) is 11.5 Å². The fourth-order valence-corrected chi connectivity index (χ4v) is 6.40. The number of thioether (sulfide) groups is 1. The van der Waals surface area contributed by atoms with Gasteiger partial charge < -0.3 is 25.4 Å². The molecule has 9 heteroatoms. The third-order valence-electron chi connectivity index (χ3n) is 7.97. The van der Waals surface area contributed by atoms with Gasteiger partial charge in [0.1, 0.15) is 10.9 Å². The van der Waals surface area contributed by atoms with Crippen LogP contribution >= 0.6 is 11.8 Å². The molecule has 6 aromatic rings. The van der Waals surface area contributed by atoms with Gasteiger partial charge in [-0.25, -0.2) is 0 Å². The van der Waals surface area contributed by atoms with Crippen molar-refractivity contribution in [3.05, 3.63) is 168 Å². The van der Waals surface area contributed by atoms with Gasteiger partial charge in [0, 0.05) is 21.8 Å². The van der Waals surface area contributed by atoms with Crippen LogP contribution in [0.4, 0.5) is 11.4 Å². The molecule has 0 heterocycles. The van der Waals surface area contributed by atoms with Crippen molar-refractivity contribution in [3.63, 3.8) is 0 Å². The molecule has 6 rings (SSSR count). The summed E-state index contributed by atoms with van der Waals surface area (Å²) in [7, 11) is 3.07. The monoisotopic (exact) mass is 693 g/mol. The van der Waals surface area contributed by atoms with Crippen LogP contribution in [0.5, 0.6) is 11.5 Å². The number of rotatable bonds is 12. The summed E-state index contributed by atoms with van der Waals surface area (Å²) in [5.74, 6) is -0.0941. The molecule has 3 amide bonds. The SMILES string of the molecule is COc1ccc(/C=C(\NC(=O)c2ccccc2)C(=O)Nc2ccc(SC(C(=O)Nc3ccc4ccccc4c3)c3ccccc3)cc2)cc1OC. The predicted molar refractivity (Wildman–Crippen MR) is 204 cm³/mol. The Balaban J connectivity index is 1.20. The lowest BCUT2D eigenvalue weighted by atomic mass is 10.1. The number of amides is 3. The molecule has 3 N–H and O–H groups in total. The van der Waals surface area contributed by atoms with E-state index < -0.39 is 17.1 Å². The highest BCUT2D eigenvalue weighted by molar-refractivity contribution is 8.00. The highest BCUT2D eigenvalue weighted by atomic mass is 32.2. The van der Waals surface area contributed by atoms with E-state index in [2.05, 4.69) is 16.0 Å². The number of methoxy groups -OCH3 is 2. The fraction of sp³-hybridized carbons (Fsp3) is 0.0714. The van der Waals surface area contributed by atoms with Crippen LogP contribution in [0.25, 0.3) is 16.8 Å². The first-order valence-electron chi connectivity index (χ1n) is 16.1. The molecule has 0 aliphatic rings. The molecule has 254 valence electrons. The first-order chi connectivity index (χ1) is 24.9. The van der Waals surface area contributed by atoms with Crippen LogP contribution in [0.2, 0.25) is 0 Å². The Kier molecular flexibility index (Phi) is 11.1.